The Labute approximate surface area is 166 Å². The highest BCUT2D eigenvalue weighted by Crippen LogP contribution is 2.18. The summed E-state index contributed by atoms with van der Waals surface area (Å²) in [5.41, 5.74) is 0.275. The number of aryl methyl sites for hydroxylation is 1. The van der Waals surface area contributed by atoms with Gasteiger partial charge in [-0.2, -0.15) is 0 Å². The van der Waals surface area contributed by atoms with Gasteiger partial charge < -0.3 is 9.68 Å². The number of carbonyl (C=O) groups is 6. The molecule has 0 radical (unpaired) electrons. The molecule has 0 saturated carbocycles. The van der Waals surface area contributed by atoms with Crippen LogP contribution in [0.5, 0.6) is 0 Å². The fourth-order valence-electron chi connectivity index (χ4n) is 2.61. The first-order chi connectivity index (χ1) is 13.8. The quantitative estimate of drug-likeness (QED) is 0.690. The van der Waals surface area contributed by atoms with Gasteiger partial charge in [-0.25, -0.2) is 9.59 Å². The molecule has 154 valence electrons. The molecule has 2 fully saturated rings. The highest BCUT2D eigenvalue weighted by Gasteiger charge is 2.34. The molecule has 2 heterocycles. The molecule has 0 aromatic heterocycles. The minimum atomic E-state index is -1.01. The second-order valence-electron chi connectivity index (χ2n) is 6.01. The predicted octanol–water partition coefficient (Wildman–Crippen LogP) is 1.46. The lowest BCUT2D eigenvalue weighted by Crippen LogP contribution is -2.33. The number of hydrogen-bond donors (Lipinski definition) is 0. The molecule has 2 aliphatic rings. The summed E-state index contributed by atoms with van der Waals surface area (Å²) in [7, 11) is 0. The van der Waals surface area contributed by atoms with Gasteiger partial charge >= 0.3 is 11.9 Å². The number of amides is 4. The number of hydrogen-bond acceptors (Lipinski definition) is 8. The van der Waals surface area contributed by atoms with E-state index in [1.165, 1.54) is 12.1 Å². The van der Waals surface area contributed by atoms with Gasteiger partial charge in [0.25, 0.3) is 23.6 Å². The summed E-state index contributed by atoms with van der Waals surface area (Å²) in [6, 6.07) is 3.89. The lowest BCUT2D eigenvalue weighted by molar-refractivity contribution is -0.173. The van der Waals surface area contributed by atoms with Gasteiger partial charge in [0.15, 0.2) is 0 Å². The fourth-order valence-corrected chi connectivity index (χ4v) is 2.61. The molecule has 0 atom stereocenters. The largest absolute Gasteiger partial charge is 0.363 e. The first kappa shape index (κ1) is 21.7. The van der Waals surface area contributed by atoms with Crippen molar-refractivity contribution < 1.29 is 38.4 Å². The molecule has 0 aliphatic carbocycles. The average Bonchev–Trinajstić information content (AvgIpc) is 3.19. The zero-order valence-electron chi connectivity index (χ0n) is 16.2. The van der Waals surface area contributed by atoms with Gasteiger partial charge in [-0.3, -0.25) is 19.2 Å². The fraction of sp³-hybridized carbons (Fsp3) is 0.368. The van der Waals surface area contributed by atoms with Crippen molar-refractivity contribution in [2.45, 2.75) is 46.5 Å². The second kappa shape index (κ2) is 9.09. The summed E-state index contributed by atoms with van der Waals surface area (Å²) in [5, 5.41) is 0.786. The first-order valence-electron chi connectivity index (χ1n) is 9.04. The number of hydroxylamine groups is 4. The minimum absolute atomic E-state index is 0.0462. The van der Waals surface area contributed by atoms with Crippen LogP contribution in [0.15, 0.2) is 18.2 Å². The Bertz CT molecular complexity index is 792. The van der Waals surface area contributed by atoms with Crippen LogP contribution >= 0.6 is 0 Å². The summed E-state index contributed by atoms with van der Waals surface area (Å²) in [5.74, 6) is -4.55. The van der Waals surface area contributed by atoms with E-state index in [1.54, 1.807) is 6.92 Å². The van der Waals surface area contributed by atoms with Crippen LogP contribution in [0.1, 0.15) is 65.8 Å². The van der Waals surface area contributed by atoms with Crippen LogP contribution in [0, 0.1) is 6.92 Å². The molecular weight excluding hydrogens is 384 g/mol. The monoisotopic (exact) mass is 404 g/mol. The molecular formula is C19H20N2O8. The standard InChI is InChI=1S/C17H14N2O8.C2H6/c1-9-6-10(16(24)26-18-12(20)2-3-13(18)21)8-11(7-9)17(25)27-19-14(22)4-5-15(19)23;1-2/h6-8H,2-5H2,1H3;1-2H3. The van der Waals surface area contributed by atoms with Crippen LogP contribution < -0.4 is 0 Å². The molecule has 3 rings (SSSR count). The van der Waals surface area contributed by atoms with Crippen LogP contribution in [0.4, 0.5) is 0 Å². The molecule has 1 aromatic rings. The molecule has 2 saturated heterocycles. The van der Waals surface area contributed by atoms with Crippen LogP contribution in [0.2, 0.25) is 0 Å². The average molecular weight is 404 g/mol. The molecule has 0 spiro atoms. The Morgan fingerprint density at radius 1 is 0.690 bits per heavy atom. The maximum absolute atomic E-state index is 12.2. The SMILES string of the molecule is CC.Cc1cc(C(=O)ON2C(=O)CCC2=O)cc(C(=O)ON2C(=O)CCC2=O)c1. The normalized spacial score (nSPS) is 16.0. The highest BCUT2D eigenvalue weighted by atomic mass is 16.7. The zero-order chi connectivity index (χ0) is 21.7. The van der Waals surface area contributed by atoms with Crippen molar-refractivity contribution in [2.75, 3.05) is 0 Å². The summed E-state index contributed by atoms with van der Waals surface area (Å²) >= 11 is 0. The molecule has 0 unspecified atom stereocenters. The lowest BCUT2D eigenvalue weighted by Gasteiger charge is -2.14. The summed E-state index contributed by atoms with van der Waals surface area (Å²) in [6.45, 7) is 5.59. The van der Waals surface area contributed by atoms with E-state index in [0.29, 0.717) is 15.7 Å². The van der Waals surface area contributed by atoms with Gasteiger partial charge in [0, 0.05) is 25.7 Å². The Morgan fingerprint density at radius 2 is 1.00 bits per heavy atom. The predicted molar refractivity (Wildman–Crippen MR) is 95.5 cm³/mol. The van der Waals surface area contributed by atoms with E-state index in [9.17, 15) is 28.8 Å². The number of rotatable bonds is 4. The number of carbonyl (C=O) groups excluding carboxylic acids is 6. The molecule has 29 heavy (non-hydrogen) atoms. The van der Waals surface area contributed by atoms with E-state index in [4.69, 9.17) is 9.68 Å². The number of imide groups is 2. The van der Waals surface area contributed by atoms with Gasteiger partial charge in [0.1, 0.15) is 0 Å². The van der Waals surface area contributed by atoms with Crippen LogP contribution in [0.3, 0.4) is 0 Å². The first-order valence-corrected chi connectivity index (χ1v) is 9.04. The topological polar surface area (TPSA) is 127 Å². The lowest BCUT2D eigenvalue weighted by atomic mass is 10.1. The van der Waals surface area contributed by atoms with E-state index in [0.717, 1.165) is 6.07 Å². The van der Waals surface area contributed by atoms with Crippen LogP contribution in [-0.4, -0.2) is 45.7 Å². The highest BCUT2D eigenvalue weighted by molar-refractivity contribution is 6.04. The van der Waals surface area contributed by atoms with Crippen molar-refractivity contribution in [1.29, 1.82) is 0 Å². The van der Waals surface area contributed by atoms with E-state index < -0.39 is 35.6 Å². The van der Waals surface area contributed by atoms with Gasteiger partial charge in [0.2, 0.25) is 0 Å². The van der Waals surface area contributed by atoms with Crippen molar-refractivity contribution in [3.63, 3.8) is 0 Å². The molecule has 0 N–H and O–H groups in total. The Morgan fingerprint density at radius 3 is 1.31 bits per heavy atom. The second-order valence-corrected chi connectivity index (χ2v) is 6.01. The van der Waals surface area contributed by atoms with E-state index in [2.05, 4.69) is 0 Å². The molecule has 1 aromatic carbocycles. The van der Waals surface area contributed by atoms with Crippen molar-refractivity contribution in [1.82, 2.24) is 10.1 Å². The van der Waals surface area contributed by atoms with Gasteiger partial charge in [-0.15, -0.1) is 10.1 Å². The Balaban J connectivity index is 0.00000145. The van der Waals surface area contributed by atoms with Crippen molar-refractivity contribution in [2.24, 2.45) is 0 Å². The molecule has 4 amide bonds. The van der Waals surface area contributed by atoms with E-state index >= 15 is 0 Å². The summed E-state index contributed by atoms with van der Waals surface area (Å²) in [6.07, 6.45) is -0.185. The van der Waals surface area contributed by atoms with Crippen molar-refractivity contribution >= 4 is 35.6 Å². The maximum Gasteiger partial charge on any atom is 0.363 e. The maximum atomic E-state index is 12.2. The van der Waals surface area contributed by atoms with Gasteiger partial charge in [0.05, 0.1) is 11.1 Å². The third kappa shape index (κ3) is 4.84. The van der Waals surface area contributed by atoms with Crippen molar-refractivity contribution in [3.05, 3.63) is 34.9 Å². The number of nitrogens with zero attached hydrogens (tertiary/aromatic N) is 2. The van der Waals surface area contributed by atoms with Gasteiger partial charge in [-0.05, 0) is 30.7 Å². The minimum Gasteiger partial charge on any atom is -0.325 e. The molecule has 10 heteroatoms. The smallest absolute Gasteiger partial charge is 0.325 e. The van der Waals surface area contributed by atoms with E-state index in [-0.39, 0.29) is 36.8 Å². The van der Waals surface area contributed by atoms with Crippen molar-refractivity contribution in [3.8, 4) is 0 Å². The van der Waals surface area contributed by atoms with Gasteiger partial charge in [-0.1, -0.05) is 13.8 Å². The van der Waals surface area contributed by atoms with Crippen LogP contribution in [0.25, 0.3) is 0 Å². The zero-order valence-corrected chi connectivity index (χ0v) is 16.2. The Hall–Kier alpha value is -3.56. The number of benzene rings is 1. The Kier molecular flexibility index (Phi) is 6.81. The third-order valence-corrected chi connectivity index (χ3v) is 3.91. The van der Waals surface area contributed by atoms with E-state index in [1.807, 2.05) is 13.8 Å². The third-order valence-electron chi connectivity index (χ3n) is 3.91. The summed E-state index contributed by atoms with van der Waals surface area (Å²) in [4.78, 5) is 80.2. The van der Waals surface area contributed by atoms with Crippen LogP contribution in [-0.2, 0) is 28.9 Å². The molecule has 2 aliphatic heterocycles. The molecule has 10 nitrogen and oxygen atoms in total. The summed E-state index contributed by atoms with van der Waals surface area (Å²) < 4.78 is 0. The molecule has 0 bridgehead atoms.